The van der Waals surface area contributed by atoms with Crippen LogP contribution in [0.5, 0.6) is 0 Å². The number of carbonyl (C=O) groups is 1. The Morgan fingerprint density at radius 2 is 1.83 bits per heavy atom. The second kappa shape index (κ2) is 8.06. The Bertz CT molecular complexity index is 1030. The number of amides is 1. The Morgan fingerprint density at radius 1 is 1.13 bits per heavy atom. The van der Waals surface area contributed by atoms with E-state index in [2.05, 4.69) is 24.2 Å². The number of rotatable bonds is 3. The van der Waals surface area contributed by atoms with Crippen molar-refractivity contribution in [1.82, 2.24) is 10.0 Å². The maximum Gasteiger partial charge on any atom is 0.433 e. The van der Waals surface area contributed by atoms with Gasteiger partial charge in [-0.25, -0.2) is 9.80 Å². The van der Waals surface area contributed by atoms with E-state index in [1.165, 1.54) is 10.6 Å². The van der Waals surface area contributed by atoms with Crippen LogP contribution < -0.4 is 0 Å². The number of hydrogen-bond acceptors (Lipinski definition) is 5. The third kappa shape index (κ3) is 3.56. The van der Waals surface area contributed by atoms with E-state index in [0.717, 1.165) is 27.8 Å². The summed E-state index contributed by atoms with van der Waals surface area (Å²) in [5, 5.41) is 7.56. The van der Waals surface area contributed by atoms with E-state index in [9.17, 15) is 4.79 Å². The van der Waals surface area contributed by atoms with E-state index in [4.69, 9.17) is 9.57 Å². The second-order valence-corrected chi connectivity index (χ2v) is 7.38. The maximum absolute atomic E-state index is 12.8. The number of fused-ring (bicyclic) bond motifs is 1. The summed E-state index contributed by atoms with van der Waals surface area (Å²) in [6.07, 6.45) is 4.50. The lowest BCUT2D eigenvalue weighted by Crippen LogP contribution is -2.49. The highest BCUT2D eigenvalue weighted by Crippen LogP contribution is 2.31. The molecule has 0 bridgehead atoms. The molecular weight excluding hydrogens is 378 g/mol. The largest absolute Gasteiger partial charge is 0.448 e. The molecule has 154 valence electrons. The number of hydrogen-bond donors (Lipinski definition) is 0. The molecule has 2 heterocycles. The fraction of sp³-hybridized carbons (Fsp3) is 0.250. The maximum atomic E-state index is 12.8. The molecule has 6 heteroatoms. The Balaban J connectivity index is 1.80. The van der Waals surface area contributed by atoms with Gasteiger partial charge in [-0.15, -0.1) is 0 Å². The molecule has 0 aromatic heterocycles. The van der Waals surface area contributed by atoms with Gasteiger partial charge in [0, 0.05) is 11.8 Å². The first-order valence-electron chi connectivity index (χ1n) is 10.0. The zero-order chi connectivity index (χ0) is 21.3. The molecule has 0 saturated carbocycles. The van der Waals surface area contributed by atoms with Crippen molar-refractivity contribution in [1.29, 1.82) is 0 Å². The molecule has 2 aromatic carbocycles. The third-order valence-corrected chi connectivity index (χ3v) is 5.12. The normalized spacial score (nSPS) is 17.7. The molecule has 0 N–H and O–H groups in total. The van der Waals surface area contributed by atoms with Crippen LogP contribution in [0, 0.1) is 20.8 Å². The Morgan fingerprint density at radius 3 is 2.50 bits per heavy atom. The highest BCUT2D eigenvalue weighted by atomic mass is 16.7. The first-order valence-corrected chi connectivity index (χ1v) is 10.0. The van der Waals surface area contributed by atoms with Crippen molar-refractivity contribution in [3.05, 3.63) is 88.6 Å². The second-order valence-electron chi connectivity index (χ2n) is 7.38. The Labute approximate surface area is 176 Å². The summed E-state index contributed by atoms with van der Waals surface area (Å²) in [6.45, 7) is 8.20. The molecule has 2 aliphatic heterocycles. The van der Waals surface area contributed by atoms with Crippen molar-refractivity contribution in [3.63, 3.8) is 0 Å². The minimum Gasteiger partial charge on any atom is -0.448 e. The fourth-order valence-electron chi connectivity index (χ4n) is 3.92. The lowest BCUT2D eigenvalue weighted by molar-refractivity contribution is -0.0342. The van der Waals surface area contributed by atoms with Gasteiger partial charge >= 0.3 is 6.09 Å². The molecule has 0 spiro atoms. The summed E-state index contributed by atoms with van der Waals surface area (Å²) >= 11 is 0. The van der Waals surface area contributed by atoms with Gasteiger partial charge in [-0.05, 0) is 62.1 Å². The monoisotopic (exact) mass is 403 g/mol. The summed E-state index contributed by atoms with van der Waals surface area (Å²) in [5.41, 5.74) is 6.22. The minimum atomic E-state index is -0.574. The van der Waals surface area contributed by atoms with E-state index >= 15 is 0 Å². The van der Waals surface area contributed by atoms with Gasteiger partial charge in [-0.3, -0.25) is 0 Å². The van der Waals surface area contributed by atoms with Crippen LogP contribution in [0.1, 0.15) is 34.7 Å². The molecule has 2 aliphatic rings. The quantitative estimate of drug-likeness (QED) is 0.730. The molecular formula is C24H25N3O3. The minimum absolute atomic E-state index is 0.274. The number of oxime groups is 1. The van der Waals surface area contributed by atoms with Gasteiger partial charge in [-0.2, -0.15) is 5.01 Å². The molecule has 1 atom stereocenters. The molecule has 0 aliphatic carbocycles. The summed E-state index contributed by atoms with van der Waals surface area (Å²) in [4.78, 5) is 18.6. The third-order valence-electron chi connectivity index (χ3n) is 5.12. The number of benzene rings is 2. The lowest BCUT2D eigenvalue weighted by atomic mass is 9.98. The number of amidine groups is 1. The highest BCUT2D eigenvalue weighted by molar-refractivity contribution is 6.03. The van der Waals surface area contributed by atoms with Gasteiger partial charge in [0.15, 0.2) is 5.84 Å². The van der Waals surface area contributed by atoms with Crippen LogP contribution in [0.15, 0.2) is 66.0 Å². The number of allylic oxidation sites excluding steroid dienone is 2. The van der Waals surface area contributed by atoms with E-state index < -0.39 is 12.3 Å². The topological polar surface area (TPSA) is 54.4 Å². The van der Waals surface area contributed by atoms with Crippen LogP contribution in [0.2, 0.25) is 0 Å². The summed E-state index contributed by atoms with van der Waals surface area (Å²) in [5.74, 6) is 0.582. The standard InChI is InChI=1S/C24H25N3O3/c1-5-29-24(28)26-12-11-20(19-9-7-6-8-10-19)15-21-27(26)23(25-30-21)22-17(3)13-16(2)14-18(22)4/h6-15,21H,5H2,1-4H3. The molecule has 0 fully saturated rings. The number of hydrazine groups is 1. The van der Waals surface area contributed by atoms with Gasteiger partial charge in [-0.1, -0.05) is 53.2 Å². The zero-order valence-corrected chi connectivity index (χ0v) is 17.6. The van der Waals surface area contributed by atoms with Gasteiger partial charge in [0.1, 0.15) is 0 Å². The molecule has 6 nitrogen and oxygen atoms in total. The number of carbonyl (C=O) groups excluding carboxylic acids is 1. The van der Waals surface area contributed by atoms with Gasteiger partial charge in [0.2, 0.25) is 6.23 Å². The van der Waals surface area contributed by atoms with Crippen molar-refractivity contribution in [2.24, 2.45) is 5.16 Å². The SMILES string of the molecule is CCOC(=O)N1C=CC(c2ccccc2)=CC2ON=C(c3c(C)cc(C)cc3C)N21. The Kier molecular flexibility index (Phi) is 5.31. The van der Waals surface area contributed by atoms with Crippen molar-refractivity contribution >= 4 is 17.5 Å². The van der Waals surface area contributed by atoms with Crippen molar-refractivity contribution in [2.45, 2.75) is 33.9 Å². The smallest absolute Gasteiger partial charge is 0.433 e. The first-order chi connectivity index (χ1) is 14.5. The van der Waals surface area contributed by atoms with Crippen LogP contribution in [0.4, 0.5) is 4.79 Å². The van der Waals surface area contributed by atoms with Crippen molar-refractivity contribution < 1.29 is 14.4 Å². The van der Waals surface area contributed by atoms with Crippen LogP contribution >= 0.6 is 0 Å². The molecule has 0 saturated heterocycles. The van der Waals surface area contributed by atoms with Crippen molar-refractivity contribution in [2.75, 3.05) is 6.61 Å². The summed E-state index contributed by atoms with van der Waals surface area (Å²) in [6, 6.07) is 14.2. The van der Waals surface area contributed by atoms with Gasteiger partial charge in [0.05, 0.1) is 6.61 Å². The summed E-state index contributed by atoms with van der Waals surface area (Å²) < 4.78 is 5.31. The van der Waals surface area contributed by atoms with E-state index in [-0.39, 0.29) is 6.61 Å². The van der Waals surface area contributed by atoms with E-state index in [1.54, 1.807) is 18.1 Å². The predicted octanol–water partition coefficient (Wildman–Crippen LogP) is 4.92. The first kappa shape index (κ1) is 19.8. The molecule has 2 aromatic rings. The lowest BCUT2D eigenvalue weighted by Gasteiger charge is -2.31. The molecule has 30 heavy (non-hydrogen) atoms. The number of aryl methyl sites for hydroxylation is 3. The van der Waals surface area contributed by atoms with E-state index in [0.29, 0.717) is 5.84 Å². The molecule has 4 rings (SSSR count). The van der Waals surface area contributed by atoms with Crippen LogP contribution in [-0.2, 0) is 9.57 Å². The van der Waals surface area contributed by atoms with E-state index in [1.807, 2.05) is 56.3 Å². The molecule has 1 amide bonds. The van der Waals surface area contributed by atoms with Gasteiger partial charge < -0.3 is 9.57 Å². The number of ether oxygens (including phenoxy) is 1. The fourth-order valence-corrected chi connectivity index (χ4v) is 3.92. The predicted molar refractivity (Wildman–Crippen MR) is 116 cm³/mol. The molecule has 0 radical (unpaired) electrons. The Hall–Kier alpha value is -3.54. The number of nitrogens with zero attached hydrogens (tertiary/aromatic N) is 3. The van der Waals surface area contributed by atoms with Crippen LogP contribution in [0.25, 0.3) is 5.57 Å². The highest BCUT2D eigenvalue weighted by Gasteiger charge is 2.39. The van der Waals surface area contributed by atoms with Crippen LogP contribution in [0.3, 0.4) is 0 Å². The van der Waals surface area contributed by atoms with Crippen LogP contribution in [-0.4, -0.2) is 34.8 Å². The van der Waals surface area contributed by atoms with Crippen molar-refractivity contribution in [3.8, 4) is 0 Å². The van der Waals surface area contributed by atoms with Gasteiger partial charge in [0.25, 0.3) is 0 Å². The summed E-state index contributed by atoms with van der Waals surface area (Å²) in [7, 11) is 0. The average Bonchev–Trinajstić information content (AvgIpc) is 3.00. The average molecular weight is 403 g/mol. The molecule has 1 unspecified atom stereocenters. The zero-order valence-electron chi connectivity index (χ0n) is 17.6.